The highest BCUT2D eigenvalue weighted by Crippen LogP contribution is 2.23. The average Bonchev–Trinajstić information content (AvgIpc) is 3.15. The van der Waals surface area contributed by atoms with E-state index in [0.29, 0.717) is 6.04 Å². The average molecular weight is 311 g/mol. The Kier molecular flexibility index (Phi) is 4.71. The Morgan fingerprint density at radius 3 is 2.77 bits per heavy atom. The molecule has 1 N–H and O–H groups in total. The molecular weight excluding hydrogens is 290 g/mol. The number of rotatable bonds is 6. The van der Waals surface area contributed by atoms with E-state index in [2.05, 4.69) is 64.4 Å². The molecule has 0 unspecified atom stereocenters. The van der Waals surface area contributed by atoms with Crippen molar-refractivity contribution in [3.8, 4) is 0 Å². The van der Waals surface area contributed by atoms with Crippen molar-refractivity contribution < 1.29 is 0 Å². The van der Waals surface area contributed by atoms with Crippen LogP contribution in [-0.4, -0.2) is 9.55 Å². The molecule has 2 aromatic heterocycles. The fourth-order valence-corrected chi connectivity index (χ4v) is 3.56. The number of thiophene rings is 1. The van der Waals surface area contributed by atoms with Gasteiger partial charge in [-0.1, -0.05) is 30.3 Å². The molecule has 0 aliphatic carbocycles. The summed E-state index contributed by atoms with van der Waals surface area (Å²) in [4.78, 5) is 5.90. The molecule has 22 heavy (non-hydrogen) atoms. The van der Waals surface area contributed by atoms with Crippen LogP contribution in [0.1, 0.15) is 34.8 Å². The number of nitrogens with one attached hydrogen (secondary N) is 1. The molecule has 3 aromatic rings. The van der Waals surface area contributed by atoms with Crippen LogP contribution in [0.5, 0.6) is 0 Å². The second kappa shape index (κ2) is 6.90. The zero-order chi connectivity index (χ0) is 15.4. The van der Waals surface area contributed by atoms with Crippen LogP contribution in [0, 0.1) is 6.92 Å². The topological polar surface area (TPSA) is 29.9 Å². The van der Waals surface area contributed by atoms with Crippen molar-refractivity contribution in [2.24, 2.45) is 0 Å². The van der Waals surface area contributed by atoms with E-state index in [1.807, 2.05) is 29.8 Å². The van der Waals surface area contributed by atoms with Crippen molar-refractivity contribution in [3.63, 3.8) is 0 Å². The smallest absolute Gasteiger partial charge is 0.122 e. The Morgan fingerprint density at radius 1 is 1.23 bits per heavy atom. The van der Waals surface area contributed by atoms with E-state index >= 15 is 0 Å². The van der Waals surface area contributed by atoms with Crippen molar-refractivity contribution in [2.75, 3.05) is 0 Å². The summed E-state index contributed by atoms with van der Waals surface area (Å²) in [7, 11) is 0. The SMILES string of the molecule is Cc1ccsc1[C@H](C)NCc1nccn1Cc1ccccc1. The maximum absolute atomic E-state index is 4.49. The van der Waals surface area contributed by atoms with E-state index in [4.69, 9.17) is 0 Å². The van der Waals surface area contributed by atoms with Gasteiger partial charge >= 0.3 is 0 Å². The molecule has 0 bridgehead atoms. The Hall–Kier alpha value is -1.91. The molecule has 1 aromatic carbocycles. The predicted molar refractivity (Wildman–Crippen MR) is 92.1 cm³/mol. The van der Waals surface area contributed by atoms with Gasteiger partial charge in [0.1, 0.15) is 5.82 Å². The van der Waals surface area contributed by atoms with Crippen molar-refractivity contribution in [1.82, 2.24) is 14.9 Å². The summed E-state index contributed by atoms with van der Waals surface area (Å²) in [6.45, 7) is 6.02. The molecule has 0 spiro atoms. The third kappa shape index (κ3) is 3.46. The third-order valence-corrected chi connectivity index (χ3v) is 5.06. The van der Waals surface area contributed by atoms with Crippen molar-refractivity contribution in [2.45, 2.75) is 33.0 Å². The van der Waals surface area contributed by atoms with Crippen molar-refractivity contribution in [3.05, 3.63) is 76.0 Å². The lowest BCUT2D eigenvalue weighted by molar-refractivity contribution is 0.548. The minimum Gasteiger partial charge on any atom is -0.329 e. The van der Waals surface area contributed by atoms with E-state index in [1.165, 1.54) is 16.0 Å². The standard InChI is InChI=1S/C18H21N3S/c1-14-8-11-22-18(14)15(2)20-12-17-19-9-10-21(17)13-16-6-4-3-5-7-16/h3-11,15,20H,12-13H2,1-2H3/t15-/m0/s1. The molecule has 3 rings (SSSR count). The summed E-state index contributed by atoms with van der Waals surface area (Å²) in [5.74, 6) is 1.07. The van der Waals surface area contributed by atoms with Gasteiger partial charge in [0.25, 0.3) is 0 Å². The van der Waals surface area contributed by atoms with E-state index in [0.717, 1.165) is 18.9 Å². The summed E-state index contributed by atoms with van der Waals surface area (Å²) < 4.78 is 2.20. The van der Waals surface area contributed by atoms with E-state index < -0.39 is 0 Å². The largest absolute Gasteiger partial charge is 0.329 e. The first-order valence-electron chi connectivity index (χ1n) is 7.55. The molecule has 0 saturated heterocycles. The molecule has 0 aliphatic heterocycles. The van der Waals surface area contributed by atoms with Crippen LogP contribution in [0.4, 0.5) is 0 Å². The van der Waals surface area contributed by atoms with E-state index in [9.17, 15) is 0 Å². The summed E-state index contributed by atoms with van der Waals surface area (Å²) in [6.07, 6.45) is 3.92. The van der Waals surface area contributed by atoms with Crippen LogP contribution in [-0.2, 0) is 13.1 Å². The van der Waals surface area contributed by atoms with Gasteiger partial charge in [-0.15, -0.1) is 11.3 Å². The molecule has 1 atom stereocenters. The number of aryl methyl sites for hydroxylation is 1. The Bertz CT molecular complexity index is 715. The minimum atomic E-state index is 0.349. The van der Waals surface area contributed by atoms with Crippen molar-refractivity contribution in [1.29, 1.82) is 0 Å². The predicted octanol–water partition coefficient (Wildman–Crippen LogP) is 4.15. The molecule has 0 radical (unpaired) electrons. The van der Waals surface area contributed by atoms with Gasteiger partial charge in [-0.25, -0.2) is 4.98 Å². The van der Waals surface area contributed by atoms with Gasteiger partial charge in [0.15, 0.2) is 0 Å². The van der Waals surface area contributed by atoms with Gasteiger partial charge in [0.05, 0.1) is 6.54 Å². The highest BCUT2D eigenvalue weighted by molar-refractivity contribution is 7.10. The fraction of sp³-hybridized carbons (Fsp3) is 0.278. The highest BCUT2D eigenvalue weighted by Gasteiger charge is 2.11. The lowest BCUT2D eigenvalue weighted by Gasteiger charge is -2.14. The number of nitrogens with zero attached hydrogens (tertiary/aromatic N) is 2. The zero-order valence-corrected chi connectivity index (χ0v) is 13.8. The first-order chi connectivity index (χ1) is 10.7. The summed E-state index contributed by atoms with van der Waals surface area (Å²) in [5.41, 5.74) is 2.65. The lowest BCUT2D eigenvalue weighted by atomic mass is 10.2. The molecule has 0 aliphatic rings. The number of aromatic nitrogens is 2. The maximum atomic E-state index is 4.49. The lowest BCUT2D eigenvalue weighted by Crippen LogP contribution is -2.20. The molecular formula is C18H21N3S. The van der Waals surface area contributed by atoms with Crippen LogP contribution >= 0.6 is 11.3 Å². The van der Waals surface area contributed by atoms with Gasteiger partial charge < -0.3 is 9.88 Å². The molecule has 3 nitrogen and oxygen atoms in total. The number of imidazole rings is 1. The molecule has 2 heterocycles. The Labute approximate surface area is 135 Å². The highest BCUT2D eigenvalue weighted by atomic mass is 32.1. The van der Waals surface area contributed by atoms with Crippen molar-refractivity contribution >= 4 is 11.3 Å². The zero-order valence-electron chi connectivity index (χ0n) is 13.0. The molecule has 4 heteroatoms. The molecule has 0 amide bonds. The Morgan fingerprint density at radius 2 is 2.05 bits per heavy atom. The quantitative estimate of drug-likeness (QED) is 0.741. The van der Waals surface area contributed by atoms with Crippen LogP contribution < -0.4 is 5.32 Å². The van der Waals surface area contributed by atoms with Gasteiger partial charge in [-0.3, -0.25) is 0 Å². The van der Waals surface area contributed by atoms with Crippen LogP contribution in [0.25, 0.3) is 0 Å². The third-order valence-electron chi connectivity index (χ3n) is 3.86. The molecule has 0 fully saturated rings. The van der Waals surface area contributed by atoms with Gasteiger partial charge in [0, 0.05) is 29.9 Å². The van der Waals surface area contributed by atoms with Gasteiger partial charge in [-0.2, -0.15) is 0 Å². The maximum Gasteiger partial charge on any atom is 0.122 e. The monoisotopic (exact) mass is 311 g/mol. The number of benzene rings is 1. The van der Waals surface area contributed by atoms with Gasteiger partial charge in [0.2, 0.25) is 0 Å². The normalized spacial score (nSPS) is 12.5. The fourth-order valence-electron chi connectivity index (χ4n) is 2.60. The minimum absolute atomic E-state index is 0.349. The Balaban J connectivity index is 1.64. The van der Waals surface area contributed by atoms with Crippen LogP contribution in [0.3, 0.4) is 0 Å². The van der Waals surface area contributed by atoms with Gasteiger partial charge in [-0.05, 0) is 36.4 Å². The number of hydrogen-bond donors (Lipinski definition) is 1. The first kappa shape index (κ1) is 15.0. The first-order valence-corrected chi connectivity index (χ1v) is 8.43. The van der Waals surface area contributed by atoms with Crippen LogP contribution in [0.15, 0.2) is 54.2 Å². The number of hydrogen-bond acceptors (Lipinski definition) is 3. The molecule has 0 saturated carbocycles. The summed E-state index contributed by atoms with van der Waals surface area (Å²) in [6, 6.07) is 13.0. The summed E-state index contributed by atoms with van der Waals surface area (Å²) in [5, 5.41) is 5.73. The van der Waals surface area contributed by atoms with E-state index in [-0.39, 0.29) is 0 Å². The second-order valence-electron chi connectivity index (χ2n) is 5.53. The van der Waals surface area contributed by atoms with Crippen LogP contribution in [0.2, 0.25) is 0 Å². The molecule has 114 valence electrons. The second-order valence-corrected chi connectivity index (χ2v) is 6.48. The van der Waals surface area contributed by atoms with E-state index in [1.54, 1.807) is 0 Å². The summed E-state index contributed by atoms with van der Waals surface area (Å²) >= 11 is 1.81.